The molecule has 1 fully saturated rings. The van der Waals surface area contributed by atoms with Gasteiger partial charge in [0.25, 0.3) is 0 Å². The van der Waals surface area contributed by atoms with E-state index >= 15 is 0 Å². The van der Waals surface area contributed by atoms with Crippen LogP contribution in [0, 0.1) is 0 Å². The number of aromatic carboxylic acids is 1. The van der Waals surface area contributed by atoms with Crippen LogP contribution in [0.25, 0.3) is 11.0 Å². The van der Waals surface area contributed by atoms with Crippen LogP contribution in [0.5, 0.6) is 5.88 Å². The molecule has 2 atom stereocenters. The molecule has 174 valence electrons. The molecular weight excluding hydrogens is 438 g/mol. The van der Waals surface area contributed by atoms with Crippen molar-refractivity contribution in [2.24, 2.45) is 0 Å². The van der Waals surface area contributed by atoms with Gasteiger partial charge in [-0.05, 0) is 30.3 Å². The summed E-state index contributed by atoms with van der Waals surface area (Å²) in [4.78, 5) is 18.8. The van der Waals surface area contributed by atoms with Gasteiger partial charge in [0.15, 0.2) is 0 Å². The van der Waals surface area contributed by atoms with E-state index in [9.17, 15) is 9.90 Å². The molecule has 9 heteroatoms. The van der Waals surface area contributed by atoms with Crippen LogP contribution in [0.15, 0.2) is 42.6 Å². The first-order valence-electron chi connectivity index (χ1n) is 11.3. The normalized spacial score (nSPS) is 19.9. The van der Waals surface area contributed by atoms with Crippen LogP contribution in [0.4, 0.5) is 11.4 Å². The van der Waals surface area contributed by atoms with Crippen molar-refractivity contribution >= 4 is 36.5 Å². The largest absolute Gasteiger partial charge is 0.478 e. The van der Waals surface area contributed by atoms with E-state index in [0.29, 0.717) is 31.5 Å². The first-order valence-corrected chi connectivity index (χ1v) is 15.0. The van der Waals surface area contributed by atoms with E-state index in [1.807, 2.05) is 39.9 Å². The molecule has 33 heavy (non-hydrogen) atoms. The standard InChI is InChI=1S/C24H29N3O5Si/c1-33(2,3)11-10-30-15-26-9-8-16-12-19-23(25-22(16)26)32-21-14-31-13-20(21)27(19)18-7-5-4-6-17(18)24(28)29/h4-9,12,20-21H,10-11,13-15H2,1-3H3,(H,28,29)/t20-,21-/m1/s1. The molecule has 0 saturated carbocycles. The Balaban J connectivity index is 1.51. The number of nitrogens with zero attached hydrogens (tertiary/aromatic N) is 3. The number of carbonyl (C=O) groups is 1. The number of hydrogen-bond donors (Lipinski definition) is 1. The third kappa shape index (κ3) is 4.23. The number of rotatable bonds is 7. The zero-order chi connectivity index (χ0) is 23.2. The number of fused-ring (bicyclic) bond motifs is 3. The van der Waals surface area contributed by atoms with Gasteiger partial charge in [0.2, 0.25) is 5.88 Å². The molecule has 2 aromatic heterocycles. The minimum Gasteiger partial charge on any atom is -0.478 e. The third-order valence-corrected chi connectivity index (χ3v) is 7.86. The molecular formula is C24H29N3O5Si. The summed E-state index contributed by atoms with van der Waals surface area (Å²) >= 11 is 0. The number of hydrogen-bond acceptors (Lipinski definition) is 6. The quantitative estimate of drug-likeness (QED) is 0.408. The summed E-state index contributed by atoms with van der Waals surface area (Å²) in [5.74, 6) is -0.485. The molecule has 2 aliphatic rings. The Morgan fingerprint density at radius 3 is 2.82 bits per heavy atom. The number of anilines is 2. The van der Waals surface area contributed by atoms with Crippen molar-refractivity contribution < 1.29 is 24.1 Å². The maximum Gasteiger partial charge on any atom is 0.337 e. The Morgan fingerprint density at radius 1 is 1.21 bits per heavy atom. The van der Waals surface area contributed by atoms with Gasteiger partial charge in [0, 0.05) is 26.3 Å². The van der Waals surface area contributed by atoms with Crippen LogP contribution in [0.3, 0.4) is 0 Å². The molecule has 0 radical (unpaired) electrons. The number of pyridine rings is 1. The highest BCUT2D eigenvalue weighted by molar-refractivity contribution is 6.76. The third-order valence-electron chi connectivity index (χ3n) is 6.16. The minimum atomic E-state index is -1.15. The molecule has 8 nitrogen and oxygen atoms in total. The van der Waals surface area contributed by atoms with Crippen molar-refractivity contribution in [2.75, 3.05) is 24.7 Å². The zero-order valence-corrected chi connectivity index (χ0v) is 20.2. The fourth-order valence-electron chi connectivity index (χ4n) is 4.36. The average molecular weight is 468 g/mol. The van der Waals surface area contributed by atoms with Crippen molar-refractivity contribution in [2.45, 2.75) is 44.6 Å². The van der Waals surface area contributed by atoms with Gasteiger partial charge in [-0.25, -0.2) is 4.79 Å². The van der Waals surface area contributed by atoms with Crippen LogP contribution in [0.1, 0.15) is 10.4 Å². The number of carboxylic acids is 1. The topological polar surface area (TPSA) is 86.1 Å². The molecule has 1 saturated heterocycles. The first kappa shape index (κ1) is 21.9. The summed E-state index contributed by atoms with van der Waals surface area (Å²) in [6.45, 7) is 9.07. The molecule has 0 bridgehead atoms. The molecule has 1 aromatic carbocycles. The van der Waals surface area contributed by atoms with Crippen LogP contribution < -0.4 is 9.64 Å². The Bertz CT molecular complexity index is 1190. The predicted molar refractivity (Wildman–Crippen MR) is 128 cm³/mol. The van der Waals surface area contributed by atoms with Crippen LogP contribution in [0.2, 0.25) is 25.7 Å². The number of carboxylic acid groups (broad SMARTS) is 1. The summed E-state index contributed by atoms with van der Waals surface area (Å²) in [6.07, 6.45) is 1.75. The summed E-state index contributed by atoms with van der Waals surface area (Å²) in [5, 5.41) is 10.7. The lowest BCUT2D eigenvalue weighted by atomic mass is 10.0. The molecule has 4 heterocycles. The summed E-state index contributed by atoms with van der Waals surface area (Å²) < 4.78 is 19.9. The average Bonchev–Trinajstić information content (AvgIpc) is 3.39. The lowest BCUT2D eigenvalue weighted by Gasteiger charge is -2.39. The predicted octanol–water partition coefficient (Wildman–Crippen LogP) is 4.34. The molecule has 0 spiro atoms. The molecule has 0 amide bonds. The van der Waals surface area contributed by atoms with Gasteiger partial charge in [0.05, 0.1) is 30.5 Å². The number of ether oxygens (including phenoxy) is 3. The van der Waals surface area contributed by atoms with Gasteiger partial charge in [-0.2, -0.15) is 4.98 Å². The number of para-hydroxylation sites is 1. The van der Waals surface area contributed by atoms with E-state index in [1.165, 1.54) is 0 Å². The fraction of sp³-hybridized carbons (Fsp3) is 0.417. The van der Waals surface area contributed by atoms with Crippen LogP contribution in [-0.2, 0) is 16.2 Å². The van der Waals surface area contributed by atoms with Crippen molar-refractivity contribution in [3.63, 3.8) is 0 Å². The Hall–Kier alpha value is -2.88. The SMILES string of the molecule is C[Si](C)(C)CCOCn1ccc2cc3c(nc21)O[C@@H]1COC[C@H]1N3c1ccccc1C(=O)O. The van der Waals surface area contributed by atoms with Gasteiger partial charge in [-0.15, -0.1) is 0 Å². The Labute approximate surface area is 193 Å². The first-order chi connectivity index (χ1) is 15.8. The summed E-state index contributed by atoms with van der Waals surface area (Å²) in [6, 6.07) is 12.0. The van der Waals surface area contributed by atoms with E-state index < -0.39 is 14.0 Å². The van der Waals surface area contributed by atoms with E-state index in [-0.39, 0.29) is 17.7 Å². The van der Waals surface area contributed by atoms with Crippen molar-refractivity contribution in [3.05, 3.63) is 48.2 Å². The second-order valence-electron chi connectivity index (χ2n) is 9.81. The lowest BCUT2D eigenvalue weighted by molar-refractivity contribution is 0.0697. The van der Waals surface area contributed by atoms with E-state index in [4.69, 9.17) is 19.2 Å². The highest BCUT2D eigenvalue weighted by atomic mass is 28.3. The van der Waals surface area contributed by atoms with Crippen LogP contribution in [-0.4, -0.2) is 60.7 Å². The highest BCUT2D eigenvalue weighted by Gasteiger charge is 2.43. The second kappa shape index (κ2) is 8.47. The van der Waals surface area contributed by atoms with Crippen molar-refractivity contribution in [3.8, 4) is 5.88 Å². The Kier molecular flexibility index (Phi) is 5.63. The van der Waals surface area contributed by atoms with Gasteiger partial charge < -0.3 is 28.8 Å². The maximum atomic E-state index is 12.0. The second-order valence-corrected chi connectivity index (χ2v) is 15.4. The fourth-order valence-corrected chi connectivity index (χ4v) is 5.12. The molecule has 3 aromatic rings. The monoisotopic (exact) mass is 467 g/mol. The van der Waals surface area contributed by atoms with Gasteiger partial charge in [0.1, 0.15) is 24.2 Å². The molecule has 0 unspecified atom stereocenters. The maximum absolute atomic E-state index is 12.0. The highest BCUT2D eigenvalue weighted by Crippen LogP contribution is 2.44. The smallest absolute Gasteiger partial charge is 0.337 e. The van der Waals surface area contributed by atoms with Gasteiger partial charge in [-0.1, -0.05) is 31.8 Å². The Morgan fingerprint density at radius 2 is 2.03 bits per heavy atom. The van der Waals surface area contributed by atoms with E-state index in [2.05, 4.69) is 19.6 Å². The van der Waals surface area contributed by atoms with Crippen LogP contribution >= 0.6 is 0 Å². The molecule has 1 N–H and O–H groups in total. The van der Waals surface area contributed by atoms with Gasteiger partial charge in [-0.3, -0.25) is 0 Å². The molecule has 0 aliphatic carbocycles. The minimum absolute atomic E-state index is 0.121. The molecule has 5 rings (SSSR count). The van der Waals surface area contributed by atoms with Crippen molar-refractivity contribution in [1.29, 1.82) is 0 Å². The summed E-state index contributed by atoms with van der Waals surface area (Å²) in [5.41, 5.74) is 2.39. The molecule has 2 aliphatic heterocycles. The lowest BCUT2D eigenvalue weighted by Crippen LogP contribution is -2.47. The summed E-state index contributed by atoms with van der Waals surface area (Å²) in [7, 11) is -1.15. The van der Waals surface area contributed by atoms with E-state index in [1.54, 1.807) is 12.1 Å². The van der Waals surface area contributed by atoms with Gasteiger partial charge >= 0.3 is 5.97 Å². The number of aromatic nitrogens is 2. The van der Waals surface area contributed by atoms with E-state index in [0.717, 1.165) is 29.4 Å². The number of benzene rings is 1. The zero-order valence-electron chi connectivity index (χ0n) is 19.2. The van der Waals surface area contributed by atoms with Crippen molar-refractivity contribution in [1.82, 2.24) is 9.55 Å².